The number of ether oxygens (including phenoxy) is 2. The predicted molar refractivity (Wildman–Crippen MR) is 104 cm³/mol. The average molecular weight is 371 g/mol. The van der Waals surface area contributed by atoms with Crippen molar-refractivity contribution in [2.45, 2.75) is 6.92 Å². The molecule has 6 nitrogen and oxygen atoms in total. The Hall–Kier alpha value is -2.99. The van der Waals surface area contributed by atoms with Crippen molar-refractivity contribution in [3.63, 3.8) is 0 Å². The van der Waals surface area contributed by atoms with Gasteiger partial charge >= 0.3 is 0 Å². The van der Waals surface area contributed by atoms with Gasteiger partial charge in [-0.05, 0) is 31.2 Å². The van der Waals surface area contributed by atoms with E-state index in [-0.39, 0.29) is 0 Å². The molecule has 0 fully saturated rings. The van der Waals surface area contributed by atoms with E-state index in [0.29, 0.717) is 28.3 Å². The number of anilines is 4. The molecule has 2 aromatic carbocycles. The van der Waals surface area contributed by atoms with Crippen LogP contribution >= 0.6 is 11.6 Å². The number of para-hydroxylation sites is 1. The molecule has 3 aromatic rings. The molecule has 2 N–H and O–H groups in total. The molecule has 0 aliphatic carbocycles. The van der Waals surface area contributed by atoms with Crippen molar-refractivity contribution in [3.8, 4) is 11.5 Å². The van der Waals surface area contributed by atoms with E-state index in [1.807, 2.05) is 55.5 Å². The first-order valence-electron chi connectivity index (χ1n) is 7.95. The summed E-state index contributed by atoms with van der Waals surface area (Å²) < 4.78 is 10.6. The van der Waals surface area contributed by atoms with Crippen molar-refractivity contribution in [2.75, 3.05) is 24.9 Å². The van der Waals surface area contributed by atoms with Crippen LogP contribution in [0.2, 0.25) is 5.02 Å². The van der Waals surface area contributed by atoms with Crippen LogP contribution in [-0.2, 0) is 0 Å². The van der Waals surface area contributed by atoms with Gasteiger partial charge in [0.15, 0.2) is 11.5 Å². The van der Waals surface area contributed by atoms with Crippen LogP contribution in [-0.4, -0.2) is 24.2 Å². The van der Waals surface area contributed by atoms with Gasteiger partial charge in [0, 0.05) is 23.5 Å². The first-order valence-corrected chi connectivity index (χ1v) is 8.33. The minimum Gasteiger partial charge on any atom is -0.493 e. The fraction of sp³-hybridized carbons (Fsp3) is 0.158. The third kappa shape index (κ3) is 4.15. The number of hydrogen-bond donors (Lipinski definition) is 2. The van der Waals surface area contributed by atoms with Crippen LogP contribution in [0.4, 0.5) is 23.1 Å². The van der Waals surface area contributed by atoms with E-state index in [1.54, 1.807) is 14.2 Å². The summed E-state index contributed by atoms with van der Waals surface area (Å²) in [5, 5.41) is 7.02. The van der Waals surface area contributed by atoms with Crippen LogP contribution in [0, 0.1) is 6.92 Å². The number of aryl methyl sites for hydroxylation is 1. The van der Waals surface area contributed by atoms with Gasteiger partial charge in [-0.2, -0.15) is 4.98 Å². The second-order valence-corrected chi connectivity index (χ2v) is 5.92. The van der Waals surface area contributed by atoms with E-state index < -0.39 is 0 Å². The lowest BCUT2D eigenvalue weighted by molar-refractivity contribution is 0.355. The zero-order chi connectivity index (χ0) is 18.5. The molecule has 0 aliphatic heterocycles. The van der Waals surface area contributed by atoms with Gasteiger partial charge in [0.2, 0.25) is 5.95 Å². The highest BCUT2D eigenvalue weighted by Gasteiger charge is 2.08. The molecule has 0 amide bonds. The highest BCUT2D eigenvalue weighted by molar-refractivity contribution is 6.33. The number of methoxy groups -OCH3 is 2. The maximum Gasteiger partial charge on any atom is 0.229 e. The van der Waals surface area contributed by atoms with Gasteiger partial charge in [-0.1, -0.05) is 23.7 Å². The molecule has 0 saturated heterocycles. The van der Waals surface area contributed by atoms with Crippen molar-refractivity contribution in [2.24, 2.45) is 0 Å². The van der Waals surface area contributed by atoms with Crippen LogP contribution < -0.4 is 20.1 Å². The van der Waals surface area contributed by atoms with Gasteiger partial charge in [-0.25, -0.2) is 4.98 Å². The lowest BCUT2D eigenvalue weighted by Crippen LogP contribution is -2.03. The number of halogens is 1. The van der Waals surface area contributed by atoms with Crippen molar-refractivity contribution >= 4 is 34.7 Å². The second-order valence-electron chi connectivity index (χ2n) is 5.52. The second kappa shape index (κ2) is 7.93. The van der Waals surface area contributed by atoms with E-state index >= 15 is 0 Å². The lowest BCUT2D eigenvalue weighted by atomic mass is 10.2. The maximum atomic E-state index is 6.20. The Bertz CT molecular complexity index is 918. The first-order chi connectivity index (χ1) is 12.6. The Kier molecular flexibility index (Phi) is 5.43. The number of nitrogens with one attached hydrogen (secondary N) is 2. The minimum absolute atomic E-state index is 0.465. The van der Waals surface area contributed by atoms with E-state index in [4.69, 9.17) is 21.1 Å². The van der Waals surface area contributed by atoms with E-state index in [9.17, 15) is 0 Å². The highest BCUT2D eigenvalue weighted by atomic mass is 35.5. The molecule has 1 aromatic heterocycles. The summed E-state index contributed by atoms with van der Waals surface area (Å²) in [6, 6.07) is 14.9. The fourth-order valence-electron chi connectivity index (χ4n) is 2.43. The third-order valence-corrected chi connectivity index (χ3v) is 3.96. The highest BCUT2D eigenvalue weighted by Crippen LogP contribution is 2.31. The summed E-state index contributed by atoms with van der Waals surface area (Å²) in [6.45, 7) is 1.90. The predicted octanol–water partition coefficient (Wildman–Crippen LogP) is 4.94. The van der Waals surface area contributed by atoms with E-state index in [1.165, 1.54) is 0 Å². The molecule has 0 aliphatic rings. The third-order valence-electron chi connectivity index (χ3n) is 3.63. The van der Waals surface area contributed by atoms with Crippen LogP contribution in [0.25, 0.3) is 0 Å². The Morgan fingerprint density at radius 3 is 2.38 bits per heavy atom. The number of nitrogens with zero attached hydrogens (tertiary/aromatic N) is 2. The topological polar surface area (TPSA) is 68.3 Å². The quantitative estimate of drug-likeness (QED) is 0.640. The molecule has 26 heavy (non-hydrogen) atoms. The van der Waals surface area contributed by atoms with Crippen molar-refractivity contribution in [1.82, 2.24) is 9.97 Å². The zero-order valence-electron chi connectivity index (χ0n) is 14.7. The molecular formula is C19H19ClN4O2. The summed E-state index contributed by atoms with van der Waals surface area (Å²) in [4.78, 5) is 8.92. The Morgan fingerprint density at radius 1 is 0.885 bits per heavy atom. The number of rotatable bonds is 6. The Morgan fingerprint density at radius 2 is 1.65 bits per heavy atom. The summed E-state index contributed by atoms with van der Waals surface area (Å²) in [5.41, 5.74) is 2.39. The van der Waals surface area contributed by atoms with E-state index in [0.717, 1.165) is 17.1 Å². The Labute approximate surface area is 157 Å². The monoisotopic (exact) mass is 370 g/mol. The van der Waals surface area contributed by atoms with Crippen LogP contribution in [0.5, 0.6) is 11.5 Å². The number of aromatic nitrogens is 2. The van der Waals surface area contributed by atoms with Crippen LogP contribution in [0.3, 0.4) is 0 Å². The van der Waals surface area contributed by atoms with Gasteiger partial charge in [0.05, 0.1) is 24.9 Å². The smallest absolute Gasteiger partial charge is 0.229 e. The average Bonchev–Trinajstić information content (AvgIpc) is 2.63. The normalized spacial score (nSPS) is 10.3. The van der Waals surface area contributed by atoms with Gasteiger partial charge in [-0.15, -0.1) is 0 Å². The van der Waals surface area contributed by atoms with Crippen molar-refractivity contribution < 1.29 is 9.47 Å². The molecule has 0 saturated carbocycles. The fourth-order valence-corrected chi connectivity index (χ4v) is 2.62. The maximum absolute atomic E-state index is 6.20. The molecule has 7 heteroatoms. The summed E-state index contributed by atoms with van der Waals surface area (Å²) >= 11 is 6.20. The van der Waals surface area contributed by atoms with Crippen molar-refractivity contribution in [3.05, 3.63) is 59.2 Å². The molecule has 0 bridgehead atoms. The zero-order valence-corrected chi connectivity index (χ0v) is 15.5. The first kappa shape index (κ1) is 17.8. The summed E-state index contributed by atoms with van der Waals surface area (Å²) in [7, 11) is 3.19. The van der Waals surface area contributed by atoms with Crippen LogP contribution in [0.1, 0.15) is 5.69 Å². The standard InChI is InChI=1S/C19H19ClN4O2/c1-12-10-18(23-15-7-5-4-6-14(15)20)24-19(21-12)22-13-8-9-16(25-2)17(11-13)26-3/h4-11H,1-3H3,(H2,21,22,23,24). The molecule has 0 unspecified atom stereocenters. The van der Waals surface area contributed by atoms with Gasteiger partial charge in [-0.3, -0.25) is 0 Å². The molecule has 0 radical (unpaired) electrons. The summed E-state index contributed by atoms with van der Waals surface area (Å²) in [5.74, 6) is 2.39. The number of benzene rings is 2. The molecule has 1 heterocycles. The van der Waals surface area contributed by atoms with Gasteiger partial charge in [0.25, 0.3) is 0 Å². The van der Waals surface area contributed by atoms with Gasteiger partial charge < -0.3 is 20.1 Å². The van der Waals surface area contributed by atoms with Crippen LogP contribution in [0.15, 0.2) is 48.5 Å². The lowest BCUT2D eigenvalue weighted by Gasteiger charge is -2.12. The number of hydrogen-bond acceptors (Lipinski definition) is 6. The van der Waals surface area contributed by atoms with E-state index in [2.05, 4.69) is 20.6 Å². The summed E-state index contributed by atoms with van der Waals surface area (Å²) in [6.07, 6.45) is 0. The van der Waals surface area contributed by atoms with Crippen molar-refractivity contribution in [1.29, 1.82) is 0 Å². The largest absolute Gasteiger partial charge is 0.493 e. The Balaban J connectivity index is 1.85. The molecule has 0 atom stereocenters. The SMILES string of the molecule is COc1ccc(Nc2nc(C)cc(Nc3ccccc3Cl)n2)cc1OC. The molecule has 134 valence electrons. The molecular weight excluding hydrogens is 352 g/mol. The molecule has 3 rings (SSSR count). The minimum atomic E-state index is 0.465. The molecule has 0 spiro atoms. The van der Waals surface area contributed by atoms with Gasteiger partial charge in [0.1, 0.15) is 5.82 Å².